The molecule has 132 valence electrons. The van der Waals surface area contributed by atoms with Gasteiger partial charge in [-0.3, -0.25) is 4.79 Å². The molecule has 1 N–H and O–H groups in total. The smallest absolute Gasteiger partial charge is 0.291 e. The SMILES string of the molecule is O=C(Nc1cccnc1N1CCC2(CC1)OCCO2)c1ccc(Br)o1. The highest BCUT2D eigenvalue weighted by molar-refractivity contribution is 9.10. The standard InChI is InChI=1S/C17H18BrN3O4/c18-14-4-3-13(25-14)16(22)20-12-2-1-7-19-15(12)21-8-5-17(6-9-21)23-10-11-24-17/h1-4,7H,5-6,8-11H2,(H,20,22). The molecule has 0 aliphatic carbocycles. The lowest BCUT2D eigenvalue weighted by molar-refractivity contribution is -0.169. The minimum absolute atomic E-state index is 0.243. The molecule has 8 heteroatoms. The molecule has 4 heterocycles. The molecule has 1 amide bonds. The number of piperidine rings is 1. The Balaban J connectivity index is 1.48. The number of pyridine rings is 1. The Morgan fingerprint density at radius 2 is 1.96 bits per heavy atom. The molecule has 0 aromatic carbocycles. The summed E-state index contributed by atoms with van der Waals surface area (Å²) < 4.78 is 17.3. The van der Waals surface area contributed by atoms with Crippen LogP contribution in [0.3, 0.4) is 0 Å². The van der Waals surface area contributed by atoms with Gasteiger partial charge in [-0.15, -0.1) is 0 Å². The summed E-state index contributed by atoms with van der Waals surface area (Å²) >= 11 is 3.20. The highest BCUT2D eigenvalue weighted by Crippen LogP contribution is 2.34. The van der Waals surface area contributed by atoms with Crippen molar-refractivity contribution >= 4 is 33.3 Å². The van der Waals surface area contributed by atoms with Gasteiger partial charge in [0.1, 0.15) is 0 Å². The number of amides is 1. The van der Waals surface area contributed by atoms with Crippen LogP contribution in [0.25, 0.3) is 0 Å². The summed E-state index contributed by atoms with van der Waals surface area (Å²) in [5.41, 5.74) is 0.657. The van der Waals surface area contributed by atoms with Crippen molar-refractivity contribution in [1.29, 1.82) is 0 Å². The number of nitrogens with one attached hydrogen (secondary N) is 1. The molecule has 2 aliphatic rings. The zero-order valence-electron chi connectivity index (χ0n) is 13.5. The van der Waals surface area contributed by atoms with Crippen molar-refractivity contribution in [2.45, 2.75) is 18.6 Å². The first kappa shape index (κ1) is 16.6. The van der Waals surface area contributed by atoms with Gasteiger partial charge in [-0.2, -0.15) is 0 Å². The first-order valence-electron chi connectivity index (χ1n) is 8.20. The topological polar surface area (TPSA) is 76.8 Å². The van der Waals surface area contributed by atoms with Crippen LogP contribution in [0.2, 0.25) is 0 Å². The molecule has 7 nitrogen and oxygen atoms in total. The van der Waals surface area contributed by atoms with Crippen molar-refractivity contribution in [3.8, 4) is 0 Å². The molecule has 0 saturated carbocycles. The highest BCUT2D eigenvalue weighted by Gasteiger charge is 2.40. The normalized spacial score (nSPS) is 19.3. The fraction of sp³-hybridized carbons (Fsp3) is 0.412. The lowest BCUT2D eigenvalue weighted by atomic mass is 10.0. The monoisotopic (exact) mass is 407 g/mol. The molecule has 2 saturated heterocycles. The van der Waals surface area contributed by atoms with E-state index in [1.165, 1.54) is 0 Å². The maximum Gasteiger partial charge on any atom is 0.291 e. The van der Waals surface area contributed by atoms with E-state index in [9.17, 15) is 4.79 Å². The van der Waals surface area contributed by atoms with Gasteiger partial charge in [-0.05, 0) is 40.2 Å². The van der Waals surface area contributed by atoms with Crippen molar-refractivity contribution in [3.63, 3.8) is 0 Å². The van der Waals surface area contributed by atoms with Crippen molar-refractivity contribution in [3.05, 3.63) is 40.9 Å². The molecule has 0 bridgehead atoms. The van der Waals surface area contributed by atoms with Crippen LogP contribution in [0.4, 0.5) is 11.5 Å². The second kappa shape index (κ2) is 6.78. The fourth-order valence-electron chi connectivity index (χ4n) is 3.21. The van der Waals surface area contributed by atoms with Gasteiger partial charge < -0.3 is 24.1 Å². The van der Waals surface area contributed by atoms with Crippen LogP contribution in [0, 0.1) is 0 Å². The third kappa shape index (κ3) is 3.42. The van der Waals surface area contributed by atoms with Crippen LogP contribution >= 0.6 is 15.9 Å². The number of hydrogen-bond acceptors (Lipinski definition) is 6. The van der Waals surface area contributed by atoms with Gasteiger partial charge in [0.25, 0.3) is 5.91 Å². The van der Waals surface area contributed by atoms with E-state index in [0.29, 0.717) is 23.6 Å². The Morgan fingerprint density at radius 3 is 2.64 bits per heavy atom. The van der Waals surface area contributed by atoms with Crippen LogP contribution < -0.4 is 10.2 Å². The summed E-state index contributed by atoms with van der Waals surface area (Å²) in [6.07, 6.45) is 3.28. The van der Waals surface area contributed by atoms with Gasteiger partial charge in [-0.1, -0.05) is 0 Å². The molecule has 2 fully saturated rings. The first-order chi connectivity index (χ1) is 12.2. The van der Waals surface area contributed by atoms with E-state index >= 15 is 0 Å². The molecular weight excluding hydrogens is 390 g/mol. The molecule has 0 radical (unpaired) electrons. The zero-order chi connectivity index (χ0) is 17.3. The Labute approximate surface area is 153 Å². The molecule has 0 unspecified atom stereocenters. The average molecular weight is 408 g/mol. The number of carbonyl (C=O) groups is 1. The number of hydrogen-bond donors (Lipinski definition) is 1. The van der Waals surface area contributed by atoms with Crippen molar-refractivity contribution in [1.82, 2.24) is 4.98 Å². The summed E-state index contributed by atoms with van der Waals surface area (Å²) in [5.74, 6) is 0.243. The fourth-order valence-corrected chi connectivity index (χ4v) is 3.52. The molecule has 25 heavy (non-hydrogen) atoms. The molecule has 1 spiro atoms. The van der Waals surface area contributed by atoms with E-state index < -0.39 is 5.79 Å². The van der Waals surface area contributed by atoms with Crippen LogP contribution in [0.1, 0.15) is 23.4 Å². The predicted molar refractivity (Wildman–Crippen MR) is 94.7 cm³/mol. The second-order valence-electron chi connectivity index (χ2n) is 6.03. The minimum Gasteiger partial charge on any atom is -0.444 e. The zero-order valence-corrected chi connectivity index (χ0v) is 15.1. The summed E-state index contributed by atoms with van der Waals surface area (Å²) in [4.78, 5) is 19.0. The number of halogens is 1. The van der Waals surface area contributed by atoms with Gasteiger partial charge in [0, 0.05) is 32.1 Å². The lowest BCUT2D eigenvalue weighted by Gasteiger charge is -2.38. The van der Waals surface area contributed by atoms with Gasteiger partial charge in [0.15, 0.2) is 22.0 Å². The largest absolute Gasteiger partial charge is 0.444 e. The summed E-state index contributed by atoms with van der Waals surface area (Å²) in [6.45, 7) is 2.82. The van der Waals surface area contributed by atoms with Crippen molar-refractivity contribution in [2.75, 3.05) is 36.5 Å². The van der Waals surface area contributed by atoms with E-state index in [4.69, 9.17) is 13.9 Å². The number of ether oxygens (including phenoxy) is 2. The molecule has 0 atom stereocenters. The van der Waals surface area contributed by atoms with E-state index in [1.54, 1.807) is 24.4 Å². The van der Waals surface area contributed by atoms with Crippen LogP contribution in [0.15, 0.2) is 39.5 Å². The second-order valence-corrected chi connectivity index (χ2v) is 6.81. The number of rotatable bonds is 3. The number of nitrogens with zero attached hydrogens (tertiary/aromatic N) is 2. The number of furan rings is 1. The van der Waals surface area contributed by atoms with Gasteiger partial charge in [-0.25, -0.2) is 4.98 Å². The summed E-state index contributed by atoms with van der Waals surface area (Å²) in [5, 5.41) is 2.88. The number of anilines is 2. The lowest BCUT2D eigenvalue weighted by Crippen LogP contribution is -2.45. The van der Waals surface area contributed by atoms with Gasteiger partial charge in [0.2, 0.25) is 0 Å². The molecular formula is C17H18BrN3O4. The third-order valence-electron chi connectivity index (χ3n) is 4.47. The molecule has 2 aromatic heterocycles. The van der Waals surface area contributed by atoms with Gasteiger partial charge >= 0.3 is 0 Å². The number of aromatic nitrogens is 1. The highest BCUT2D eigenvalue weighted by atomic mass is 79.9. The average Bonchev–Trinajstić information content (AvgIpc) is 3.26. The van der Waals surface area contributed by atoms with Crippen molar-refractivity contribution in [2.24, 2.45) is 0 Å². The Bertz CT molecular complexity index is 763. The Morgan fingerprint density at radius 1 is 1.20 bits per heavy atom. The summed E-state index contributed by atoms with van der Waals surface area (Å²) in [6, 6.07) is 6.94. The van der Waals surface area contributed by atoms with E-state index in [2.05, 4.69) is 31.1 Å². The molecule has 4 rings (SSSR count). The molecule has 2 aromatic rings. The van der Waals surface area contributed by atoms with Crippen LogP contribution in [-0.2, 0) is 9.47 Å². The maximum absolute atomic E-state index is 12.4. The Hall–Kier alpha value is -1.90. The quantitative estimate of drug-likeness (QED) is 0.842. The predicted octanol–water partition coefficient (Wildman–Crippen LogP) is 3.03. The van der Waals surface area contributed by atoms with E-state index in [1.807, 2.05) is 6.07 Å². The van der Waals surface area contributed by atoms with Crippen LogP contribution in [-0.4, -0.2) is 43.0 Å². The first-order valence-corrected chi connectivity index (χ1v) is 8.99. The third-order valence-corrected chi connectivity index (χ3v) is 4.90. The van der Waals surface area contributed by atoms with E-state index in [0.717, 1.165) is 31.7 Å². The minimum atomic E-state index is -0.435. The number of carbonyl (C=O) groups excluding carboxylic acids is 1. The van der Waals surface area contributed by atoms with E-state index in [-0.39, 0.29) is 11.7 Å². The van der Waals surface area contributed by atoms with Crippen LogP contribution in [0.5, 0.6) is 0 Å². The Kier molecular flexibility index (Phi) is 4.49. The summed E-state index contributed by atoms with van der Waals surface area (Å²) in [7, 11) is 0. The van der Waals surface area contributed by atoms with Crippen molar-refractivity contribution < 1.29 is 18.7 Å². The van der Waals surface area contributed by atoms with Gasteiger partial charge in [0.05, 0.1) is 18.9 Å². The maximum atomic E-state index is 12.4. The molecule has 2 aliphatic heterocycles.